The molecule has 2 aromatic heterocycles. The summed E-state index contributed by atoms with van der Waals surface area (Å²) in [5.41, 5.74) is 0.864. The van der Waals surface area contributed by atoms with E-state index in [1.165, 1.54) is 11.2 Å². The Morgan fingerprint density at radius 3 is 2.57 bits per heavy atom. The van der Waals surface area contributed by atoms with Crippen LogP contribution in [0.5, 0.6) is 0 Å². The van der Waals surface area contributed by atoms with Crippen LogP contribution in [0.3, 0.4) is 0 Å². The van der Waals surface area contributed by atoms with Crippen LogP contribution in [0.15, 0.2) is 63.6 Å². The molecule has 4 rings (SSSR count). The van der Waals surface area contributed by atoms with Crippen LogP contribution in [0.2, 0.25) is 5.02 Å². The molecule has 1 saturated heterocycles. The summed E-state index contributed by atoms with van der Waals surface area (Å²) in [7, 11) is -3.14. The first-order valence-corrected chi connectivity index (χ1v) is 11.0. The van der Waals surface area contributed by atoms with Gasteiger partial charge in [0.2, 0.25) is 0 Å². The number of hydrogen-bond acceptors (Lipinski definition) is 5. The van der Waals surface area contributed by atoms with Gasteiger partial charge in [-0.05, 0) is 55.0 Å². The van der Waals surface area contributed by atoms with Gasteiger partial charge in [-0.15, -0.1) is 0 Å². The van der Waals surface area contributed by atoms with Crippen molar-refractivity contribution in [3.05, 3.63) is 71.3 Å². The van der Waals surface area contributed by atoms with Gasteiger partial charge in [-0.1, -0.05) is 11.6 Å². The quantitative estimate of drug-likeness (QED) is 0.623. The van der Waals surface area contributed by atoms with Gasteiger partial charge in [0.1, 0.15) is 11.5 Å². The van der Waals surface area contributed by atoms with Crippen LogP contribution >= 0.6 is 11.6 Å². The van der Waals surface area contributed by atoms with Crippen molar-refractivity contribution in [2.75, 3.05) is 11.5 Å². The largest absolute Gasteiger partial charge is 0.459 e. The number of amides is 1. The molecule has 146 valence electrons. The van der Waals surface area contributed by atoms with E-state index in [-0.39, 0.29) is 29.7 Å². The third-order valence-electron chi connectivity index (χ3n) is 4.76. The molecular weight excluding hydrogens is 402 g/mol. The number of rotatable bonds is 5. The minimum absolute atomic E-state index is 0.0514. The van der Waals surface area contributed by atoms with Crippen LogP contribution in [-0.4, -0.2) is 36.8 Å². The molecule has 28 heavy (non-hydrogen) atoms. The number of halogens is 1. The van der Waals surface area contributed by atoms with Crippen LogP contribution in [-0.2, 0) is 16.4 Å². The van der Waals surface area contributed by atoms with Gasteiger partial charge in [-0.25, -0.2) is 8.42 Å². The topological polar surface area (TPSA) is 80.7 Å². The van der Waals surface area contributed by atoms with Gasteiger partial charge in [-0.3, -0.25) is 4.79 Å². The molecule has 1 fully saturated rings. The Balaban J connectivity index is 1.59. The lowest BCUT2D eigenvalue weighted by atomic mass is 10.2. The van der Waals surface area contributed by atoms with Crippen LogP contribution < -0.4 is 0 Å². The van der Waals surface area contributed by atoms with E-state index < -0.39 is 15.9 Å². The lowest BCUT2D eigenvalue weighted by Gasteiger charge is -2.26. The highest BCUT2D eigenvalue weighted by molar-refractivity contribution is 7.91. The fourth-order valence-electron chi connectivity index (χ4n) is 3.33. The van der Waals surface area contributed by atoms with Crippen molar-refractivity contribution in [2.24, 2.45) is 0 Å². The number of nitrogens with zero attached hydrogens (tertiary/aromatic N) is 1. The third-order valence-corrected chi connectivity index (χ3v) is 6.76. The lowest BCUT2D eigenvalue weighted by Crippen LogP contribution is -2.40. The Bertz CT molecular complexity index is 1070. The predicted octanol–water partition coefficient (Wildman–Crippen LogP) is 4.02. The van der Waals surface area contributed by atoms with Gasteiger partial charge in [0.15, 0.2) is 15.6 Å². The molecule has 0 bridgehead atoms. The van der Waals surface area contributed by atoms with E-state index >= 15 is 0 Å². The molecule has 0 unspecified atom stereocenters. The summed E-state index contributed by atoms with van der Waals surface area (Å²) in [6, 6.07) is 13.6. The second-order valence-corrected chi connectivity index (χ2v) is 9.41. The molecule has 1 aliphatic heterocycles. The first kappa shape index (κ1) is 18.8. The number of hydrogen-bond donors (Lipinski definition) is 0. The fourth-order valence-corrected chi connectivity index (χ4v) is 5.19. The monoisotopic (exact) mass is 419 g/mol. The molecule has 3 heterocycles. The van der Waals surface area contributed by atoms with Crippen molar-refractivity contribution in [3.63, 3.8) is 0 Å². The first-order valence-electron chi connectivity index (χ1n) is 8.81. The highest BCUT2D eigenvalue weighted by Gasteiger charge is 2.36. The second-order valence-electron chi connectivity index (χ2n) is 6.74. The van der Waals surface area contributed by atoms with Gasteiger partial charge in [-0.2, -0.15) is 0 Å². The van der Waals surface area contributed by atoms with Crippen molar-refractivity contribution in [3.8, 4) is 11.3 Å². The predicted molar refractivity (Wildman–Crippen MR) is 105 cm³/mol. The van der Waals surface area contributed by atoms with Crippen LogP contribution in [0.25, 0.3) is 11.3 Å². The van der Waals surface area contributed by atoms with Gasteiger partial charge in [0.05, 0.1) is 24.3 Å². The molecule has 1 amide bonds. The molecule has 0 radical (unpaired) electrons. The number of sulfone groups is 1. The summed E-state index contributed by atoms with van der Waals surface area (Å²) < 4.78 is 35.0. The fraction of sp³-hybridized carbons (Fsp3) is 0.250. The summed E-state index contributed by atoms with van der Waals surface area (Å²) in [6.07, 6.45) is 1.82. The van der Waals surface area contributed by atoms with Crippen LogP contribution in [0.4, 0.5) is 0 Å². The van der Waals surface area contributed by atoms with Crippen molar-refractivity contribution < 1.29 is 22.0 Å². The summed E-state index contributed by atoms with van der Waals surface area (Å²) >= 11 is 5.92. The number of carbonyl (C=O) groups is 1. The smallest absolute Gasteiger partial charge is 0.290 e. The highest BCUT2D eigenvalue weighted by atomic mass is 35.5. The summed E-state index contributed by atoms with van der Waals surface area (Å²) in [4.78, 5) is 14.4. The maximum Gasteiger partial charge on any atom is 0.290 e. The van der Waals surface area contributed by atoms with Gasteiger partial charge >= 0.3 is 0 Å². The number of carbonyl (C=O) groups excluding carboxylic acids is 1. The molecular formula is C20H18ClNO5S. The van der Waals surface area contributed by atoms with Gasteiger partial charge in [0, 0.05) is 16.6 Å². The average molecular weight is 420 g/mol. The zero-order valence-corrected chi connectivity index (χ0v) is 16.4. The molecule has 0 saturated carbocycles. The van der Waals surface area contributed by atoms with E-state index in [9.17, 15) is 13.2 Å². The van der Waals surface area contributed by atoms with E-state index in [1.54, 1.807) is 30.3 Å². The molecule has 1 atom stereocenters. The van der Waals surface area contributed by atoms with Crippen molar-refractivity contribution in [1.82, 2.24) is 4.90 Å². The van der Waals surface area contributed by atoms with Gasteiger partial charge < -0.3 is 13.7 Å². The minimum atomic E-state index is -3.14. The van der Waals surface area contributed by atoms with E-state index in [0.717, 1.165) is 5.56 Å². The van der Waals surface area contributed by atoms with E-state index in [2.05, 4.69) is 0 Å². The Kier molecular flexibility index (Phi) is 5.03. The first-order chi connectivity index (χ1) is 13.4. The SMILES string of the molecule is O=C(c1ccco1)N(Cc1ccc(-c2ccc(Cl)cc2)o1)[C@@H]1CCS(=O)(=O)C1. The molecule has 1 aliphatic rings. The van der Waals surface area contributed by atoms with Crippen molar-refractivity contribution >= 4 is 27.3 Å². The molecule has 0 spiro atoms. The Morgan fingerprint density at radius 1 is 1.14 bits per heavy atom. The maximum atomic E-state index is 12.9. The summed E-state index contributed by atoms with van der Waals surface area (Å²) in [5.74, 6) is 1.06. The number of furan rings is 2. The number of benzene rings is 1. The maximum absolute atomic E-state index is 12.9. The Labute approximate surface area is 167 Å². The Hall–Kier alpha value is -2.51. The normalized spacial score (nSPS) is 18.2. The molecule has 6 nitrogen and oxygen atoms in total. The van der Waals surface area contributed by atoms with Crippen LogP contribution in [0.1, 0.15) is 22.7 Å². The molecule has 0 N–H and O–H groups in total. The molecule has 3 aromatic rings. The lowest BCUT2D eigenvalue weighted by molar-refractivity contribution is 0.0634. The molecule has 0 aliphatic carbocycles. The zero-order chi connectivity index (χ0) is 19.7. The van der Waals surface area contributed by atoms with E-state index in [4.69, 9.17) is 20.4 Å². The minimum Gasteiger partial charge on any atom is -0.459 e. The van der Waals surface area contributed by atoms with Crippen LogP contribution in [0, 0.1) is 0 Å². The van der Waals surface area contributed by atoms with Crippen molar-refractivity contribution in [2.45, 2.75) is 19.0 Å². The molecule has 8 heteroatoms. The van der Waals surface area contributed by atoms with Gasteiger partial charge in [0.25, 0.3) is 5.91 Å². The zero-order valence-electron chi connectivity index (χ0n) is 14.9. The Morgan fingerprint density at radius 2 is 1.93 bits per heavy atom. The van der Waals surface area contributed by atoms with E-state index in [1.807, 2.05) is 18.2 Å². The third kappa shape index (κ3) is 4.00. The summed E-state index contributed by atoms with van der Waals surface area (Å²) in [5, 5.41) is 0.633. The standard InChI is InChI=1S/C20H18ClNO5S/c21-15-5-3-14(4-6-15)18-8-7-17(27-18)12-22(16-9-11-28(24,25)13-16)20(23)19-2-1-10-26-19/h1-8,10,16H,9,11-13H2/t16-/m1/s1. The summed E-state index contributed by atoms with van der Waals surface area (Å²) in [6.45, 7) is 0.160. The van der Waals surface area contributed by atoms with E-state index in [0.29, 0.717) is 23.0 Å². The van der Waals surface area contributed by atoms with Crippen molar-refractivity contribution in [1.29, 1.82) is 0 Å². The molecule has 1 aromatic carbocycles. The highest BCUT2D eigenvalue weighted by Crippen LogP contribution is 2.27. The average Bonchev–Trinajstić information content (AvgIpc) is 3.41. The second kappa shape index (κ2) is 7.48.